The van der Waals surface area contributed by atoms with Gasteiger partial charge in [0.05, 0.1) is 0 Å². The molecule has 0 spiro atoms. The first-order valence-corrected chi connectivity index (χ1v) is 5.96. The van der Waals surface area contributed by atoms with Gasteiger partial charge in [-0.2, -0.15) is 18.4 Å². The van der Waals surface area contributed by atoms with Gasteiger partial charge in [0.25, 0.3) is 0 Å². The highest BCUT2D eigenvalue weighted by molar-refractivity contribution is 5.87. The number of nitrogens with zero attached hydrogens (tertiary/aromatic N) is 3. The summed E-state index contributed by atoms with van der Waals surface area (Å²) in [5, 5.41) is 8.69. The van der Waals surface area contributed by atoms with Gasteiger partial charge in [0.2, 0.25) is 0 Å². The summed E-state index contributed by atoms with van der Waals surface area (Å²) in [5.41, 5.74) is -0.973. The number of ether oxygens (including phenoxy) is 1. The van der Waals surface area contributed by atoms with E-state index < -0.39 is 23.5 Å². The van der Waals surface area contributed by atoms with Crippen molar-refractivity contribution in [3.63, 3.8) is 0 Å². The second-order valence-electron chi connectivity index (χ2n) is 4.14. The molecule has 8 heteroatoms. The first-order chi connectivity index (χ1) is 10.4. The maximum atomic E-state index is 12.5. The van der Waals surface area contributed by atoms with E-state index in [9.17, 15) is 18.0 Å². The van der Waals surface area contributed by atoms with E-state index in [4.69, 9.17) is 10.00 Å². The minimum absolute atomic E-state index is 0.144. The molecule has 2 rings (SSSR count). The Morgan fingerprint density at radius 3 is 2.77 bits per heavy atom. The van der Waals surface area contributed by atoms with Crippen LogP contribution in [-0.2, 0) is 17.5 Å². The van der Waals surface area contributed by atoms with E-state index >= 15 is 0 Å². The molecule has 112 valence electrons. The molecular weight excluding hydrogens is 299 g/mol. The van der Waals surface area contributed by atoms with Gasteiger partial charge in [-0.15, -0.1) is 0 Å². The normalized spacial score (nSPS) is 10.8. The maximum Gasteiger partial charge on any atom is 0.433 e. The highest BCUT2D eigenvalue weighted by atomic mass is 19.4. The summed E-state index contributed by atoms with van der Waals surface area (Å²) in [6.45, 7) is -0.200. The second-order valence-corrected chi connectivity index (χ2v) is 4.14. The molecule has 0 saturated heterocycles. The summed E-state index contributed by atoms with van der Waals surface area (Å²) in [5.74, 6) is -0.985. The molecule has 5 nitrogen and oxygen atoms in total. The number of carbonyl (C=O) groups is 1. The third-order valence-corrected chi connectivity index (χ3v) is 2.56. The standard InChI is InChI=1S/C14H8F3N3O2/c15-14(16,17)12-3-1-2-11(20-12)13(21)22-8-9-4-5-19-10(6-9)7-18/h1-6H,8H2. The molecule has 0 unspecified atom stereocenters. The van der Waals surface area contributed by atoms with Crippen molar-refractivity contribution in [3.8, 4) is 6.07 Å². The molecule has 0 aliphatic rings. The molecule has 0 atom stereocenters. The Morgan fingerprint density at radius 2 is 2.09 bits per heavy atom. The zero-order chi connectivity index (χ0) is 16.2. The lowest BCUT2D eigenvalue weighted by molar-refractivity contribution is -0.141. The lowest BCUT2D eigenvalue weighted by Crippen LogP contribution is -2.13. The molecule has 0 aromatic carbocycles. The predicted molar refractivity (Wildman–Crippen MR) is 67.3 cm³/mol. The molecule has 0 aliphatic carbocycles. The van der Waals surface area contributed by atoms with Crippen LogP contribution in [0, 0.1) is 11.3 Å². The van der Waals surface area contributed by atoms with Gasteiger partial charge in [0.15, 0.2) is 0 Å². The molecule has 0 N–H and O–H groups in total. The quantitative estimate of drug-likeness (QED) is 0.815. The fraction of sp³-hybridized carbons (Fsp3) is 0.143. The van der Waals surface area contributed by atoms with Crippen LogP contribution in [-0.4, -0.2) is 15.9 Å². The largest absolute Gasteiger partial charge is 0.456 e. The van der Waals surface area contributed by atoms with Gasteiger partial charge in [0, 0.05) is 6.20 Å². The Hall–Kier alpha value is -2.95. The highest BCUT2D eigenvalue weighted by Gasteiger charge is 2.33. The van der Waals surface area contributed by atoms with E-state index in [1.54, 1.807) is 0 Å². The number of aromatic nitrogens is 2. The Morgan fingerprint density at radius 1 is 1.32 bits per heavy atom. The number of carbonyl (C=O) groups excluding carboxylic acids is 1. The van der Waals surface area contributed by atoms with Crippen LogP contribution in [0.5, 0.6) is 0 Å². The Bertz CT molecular complexity index is 739. The first kappa shape index (κ1) is 15.4. The van der Waals surface area contributed by atoms with Crippen molar-refractivity contribution in [2.24, 2.45) is 0 Å². The SMILES string of the molecule is N#Cc1cc(COC(=O)c2cccc(C(F)(F)F)n2)ccn1. The van der Waals surface area contributed by atoms with Crippen LogP contribution in [0.3, 0.4) is 0 Å². The number of nitriles is 1. The topological polar surface area (TPSA) is 75.9 Å². The number of pyridine rings is 2. The van der Waals surface area contributed by atoms with Crippen LogP contribution in [0.4, 0.5) is 13.2 Å². The van der Waals surface area contributed by atoms with Gasteiger partial charge in [-0.05, 0) is 29.8 Å². The molecule has 22 heavy (non-hydrogen) atoms. The zero-order valence-electron chi connectivity index (χ0n) is 11.0. The molecule has 0 amide bonds. The van der Waals surface area contributed by atoms with Crippen LogP contribution < -0.4 is 0 Å². The molecule has 0 bridgehead atoms. The Labute approximate surface area is 123 Å². The summed E-state index contributed by atoms with van der Waals surface area (Å²) in [6.07, 6.45) is -3.27. The molecule has 2 aromatic rings. The lowest BCUT2D eigenvalue weighted by Gasteiger charge is -2.08. The minimum Gasteiger partial charge on any atom is -0.456 e. The number of hydrogen-bond donors (Lipinski definition) is 0. The van der Waals surface area contributed by atoms with E-state index in [2.05, 4.69) is 9.97 Å². The van der Waals surface area contributed by atoms with E-state index in [1.807, 2.05) is 6.07 Å². The Kier molecular flexibility index (Phi) is 4.36. The Balaban J connectivity index is 2.08. The number of alkyl halides is 3. The fourth-order valence-corrected chi connectivity index (χ4v) is 1.55. The van der Waals surface area contributed by atoms with Gasteiger partial charge < -0.3 is 4.74 Å². The van der Waals surface area contributed by atoms with Crippen LogP contribution in [0.25, 0.3) is 0 Å². The van der Waals surface area contributed by atoms with Crippen molar-refractivity contribution in [2.45, 2.75) is 12.8 Å². The van der Waals surface area contributed by atoms with Gasteiger partial charge >= 0.3 is 12.1 Å². The van der Waals surface area contributed by atoms with Crippen molar-refractivity contribution >= 4 is 5.97 Å². The number of hydrogen-bond acceptors (Lipinski definition) is 5. The maximum absolute atomic E-state index is 12.5. The minimum atomic E-state index is -4.64. The highest BCUT2D eigenvalue weighted by Crippen LogP contribution is 2.27. The molecule has 0 fully saturated rings. The van der Waals surface area contributed by atoms with Crippen LogP contribution in [0.1, 0.15) is 27.4 Å². The van der Waals surface area contributed by atoms with Crippen LogP contribution >= 0.6 is 0 Å². The van der Waals surface area contributed by atoms with Gasteiger partial charge in [0.1, 0.15) is 29.8 Å². The van der Waals surface area contributed by atoms with E-state index in [0.29, 0.717) is 5.56 Å². The third-order valence-electron chi connectivity index (χ3n) is 2.56. The molecule has 0 aliphatic heterocycles. The summed E-state index contributed by atoms with van der Waals surface area (Å²) < 4.78 is 42.4. The molecule has 2 aromatic heterocycles. The van der Waals surface area contributed by atoms with Gasteiger partial charge in [-0.25, -0.2) is 14.8 Å². The van der Waals surface area contributed by atoms with Crippen LogP contribution in [0.15, 0.2) is 36.5 Å². The average molecular weight is 307 g/mol. The van der Waals surface area contributed by atoms with E-state index in [0.717, 1.165) is 18.2 Å². The summed E-state index contributed by atoms with van der Waals surface area (Å²) in [4.78, 5) is 18.7. The summed E-state index contributed by atoms with van der Waals surface area (Å²) >= 11 is 0. The molecule has 0 radical (unpaired) electrons. The van der Waals surface area contributed by atoms with Crippen LogP contribution in [0.2, 0.25) is 0 Å². The first-order valence-electron chi connectivity index (χ1n) is 5.96. The smallest absolute Gasteiger partial charge is 0.433 e. The van der Waals surface area contributed by atoms with E-state index in [-0.39, 0.29) is 12.3 Å². The second kappa shape index (κ2) is 6.22. The fourth-order valence-electron chi connectivity index (χ4n) is 1.55. The molecule has 2 heterocycles. The molecular formula is C14H8F3N3O2. The summed E-state index contributed by atoms with van der Waals surface area (Å²) in [6, 6.07) is 7.72. The van der Waals surface area contributed by atoms with Crippen molar-refractivity contribution in [3.05, 3.63) is 59.2 Å². The number of esters is 1. The molecule has 0 saturated carbocycles. The van der Waals surface area contributed by atoms with Crippen molar-refractivity contribution < 1.29 is 22.7 Å². The number of rotatable bonds is 3. The van der Waals surface area contributed by atoms with Gasteiger partial charge in [-0.1, -0.05) is 6.07 Å². The monoisotopic (exact) mass is 307 g/mol. The van der Waals surface area contributed by atoms with Crippen molar-refractivity contribution in [1.82, 2.24) is 9.97 Å². The number of halogens is 3. The van der Waals surface area contributed by atoms with E-state index in [1.165, 1.54) is 18.3 Å². The predicted octanol–water partition coefficient (Wildman–Crippen LogP) is 2.72. The summed E-state index contributed by atoms with van der Waals surface area (Å²) in [7, 11) is 0. The lowest BCUT2D eigenvalue weighted by atomic mass is 10.2. The third kappa shape index (κ3) is 3.79. The van der Waals surface area contributed by atoms with Crippen molar-refractivity contribution in [1.29, 1.82) is 5.26 Å². The average Bonchev–Trinajstić information content (AvgIpc) is 2.52. The van der Waals surface area contributed by atoms with Gasteiger partial charge in [-0.3, -0.25) is 0 Å². The van der Waals surface area contributed by atoms with Crippen molar-refractivity contribution in [2.75, 3.05) is 0 Å². The zero-order valence-corrected chi connectivity index (χ0v) is 11.0.